The zero-order valence-electron chi connectivity index (χ0n) is 19.3. The quantitative estimate of drug-likeness (QED) is 0.472. The third-order valence-corrected chi connectivity index (χ3v) is 7.79. The number of fused-ring (bicyclic) bond motifs is 5. The Hall–Kier alpha value is -3.47. The first-order valence-corrected chi connectivity index (χ1v) is 12.2. The summed E-state index contributed by atoms with van der Waals surface area (Å²) in [5, 5.41) is 0. The Bertz CT molecular complexity index is 1210. The van der Waals surface area contributed by atoms with Gasteiger partial charge >= 0.3 is 6.09 Å². The molecule has 3 heterocycles. The lowest BCUT2D eigenvalue weighted by molar-refractivity contribution is 0.0504. The number of amides is 1. The maximum Gasteiger partial charge on any atom is 0.410 e. The number of pyridine rings is 1. The second-order valence-electron chi connectivity index (χ2n) is 9.79. The Balaban J connectivity index is 1.15. The zero-order chi connectivity index (χ0) is 23.2. The van der Waals surface area contributed by atoms with Crippen molar-refractivity contribution in [1.82, 2.24) is 9.88 Å². The van der Waals surface area contributed by atoms with Gasteiger partial charge in [-0.1, -0.05) is 54.6 Å². The Morgan fingerprint density at radius 1 is 0.882 bits per heavy atom. The topological polar surface area (TPSA) is 59.5 Å². The molecule has 0 saturated carbocycles. The summed E-state index contributed by atoms with van der Waals surface area (Å²) >= 11 is 0. The van der Waals surface area contributed by atoms with Gasteiger partial charge in [-0.25, -0.2) is 4.79 Å². The fourth-order valence-corrected chi connectivity index (χ4v) is 6.25. The minimum atomic E-state index is -0.242. The van der Waals surface area contributed by atoms with E-state index in [0.29, 0.717) is 25.1 Å². The normalized spacial score (nSPS) is 22.9. The standard InChI is InChI=1S/C29H28N2O3/c1-18-7-6-12-27(30-18)28(32)19-15-20-13-14-21(16-19)31(20)29(33)34-17-26-24-10-4-2-8-22(24)23-9-3-5-11-25(23)26/h2-12,19-21,26H,13-17H2,1H3. The number of ether oxygens (including phenoxy) is 1. The molecule has 1 aliphatic carbocycles. The van der Waals surface area contributed by atoms with Gasteiger partial charge in [0.25, 0.3) is 0 Å². The number of aromatic nitrogens is 1. The van der Waals surface area contributed by atoms with Crippen LogP contribution in [0.15, 0.2) is 66.7 Å². The van der Waals surface area contributed by atoms with Crippen molar-refractivity contribution in [2.45, 2.75) is 50.6 Å². The van der Waals surface area contributed by atoms with Crippen LogP contribution in [0.3, 0.4) is 0 Å². The van der Waals surface area contributed by atoms with Crippen LogP contribution in [0.1, 0.15) is 58.9 Å². The number of hydrogen-bond acceptors (Lipinski definition) is 4. The molecule has 2 bridgehead atoms. The number of piperidine rings is 1. The molecule has 0 radical (unpaired) electrons. The van der Waals surface area contributed by atoms with E-state index in [-0.39, 0.29) is 35.8 Å². The first-order valence-electron chi connectivity index (χ1n) is 12.2. The Kier molecular flexibility index (Phi) is 5.20. The highest BCUT2D eigenvalue weighted by molar-refractivity contribution is 5.96. The van der Waals surface area contributed by atoms with Crippen LogP contribution in [0, 0.1) is 12.8 Å². The monoisotopic (exact) mass is 452 g/mol. The SMILES string of the molecule is Cc1cccc(C(=O)C2CC3CCC(C2)N3C(=O)OCC2c3ccccc3-c3ccccc32)n1. The van der Waals surface area contributed by atoms with Crippen molar-refractivity contribution >= 4 is 11.9 Å². The second kappa shape index (κ2) is 8.39. The lowest BCUT2D eigenvalue weighted by atomic mass is 9.86. The average Bonchev–Trinajstić information content (AvgIpc) is 3.32. The number of carbonyl (C=O) groups is 2. The molecule has 172 valence electrons. The van der Waals surface area contributed by atoms with Crippen LogP contribution in [0.5, 0.6) is 0 Å². The number of carbonyl (C=O) groups excluding carboxylic acids is 2. The van der Waals surface area contributed by atoms with Crippen LogP contribution in [0.2, 0.25) is 0 Å². The van der Waals surface area contributed by atoms with Gasteiger partial charge < -0.3 is 9.64 Å². The van der Waals surface area contributed by atoms with Crippen LogP contribution in [-0.2, 0) is 4.74 Å². The van der Waals surface area contributed by atoms with E-state index in [1.165, 1.54) is 22.3 Å². The van der Waals surface area contributed by atoms with Crippen LogP contribution in [0.4, 0.5) is 4.79 Å². The molecule has 6 rings (SSSR count). The molecule has 2 unspecified atom stereocenters. The van der Waals surface area contributed by atoms with Gasteiger partial charge in [0, 0.05) is 29.6 Å². The van der Waals surface area contributed by atoms with Gasteiger partial charge in [0.15, 0.2) is 5.78 Å². The summed E-state index contributed by atoms with van der Waals surface area (Å²) in [5.74, 6) is 0.0812. The van der Waals surface area contributed by atoms with Crippen LogP contribution in [-0.4, -0.2) is 40.5 Å². The van der Waals surface area contributed by atoms with Crippen molar-refractivity contribution in [2.75, 3.05) is 6.61 Å². The lowest BCUT2D eigenvalue weighted by Crippen LogP contribution is -2.48. The minimum absolute atomic E-state index is 0.0560. The van der Waals surface area contributed by atoms with Crippen molar-refractivity contribution in [3.05, 3.63) is 89.2 Å². The Morgan fingerprint density at radius 3 is 2.12 bits per heavy atom. The molecule has 3 aromatic rings. The minimum Gasteiger partial charge on any atom is -0.448 e. The molecule has 0 spiro atoms. The second-order valence-corrected chi connectivity index (χ2v) is 9.79. The van der Waals surface area contributed by atoms with Gasteiger partial charge in [-0.3, -0.25) is 9.78 Å². The number of ketones is 1. The van der Waals surface area contributed by atoms with Gasteiger partial charge in [0.05, 0.1) is 0 Å². The maximum absolute atomic E-state index is 13.2. The van der Waals surface area contributed by atoms with E-state index in [2.05, 4.69) is 41.4 Å². The van der Waals surface area contributed by atoms with Crippen LogP contribution in [0.25, 0.3) is 11.1 Å². The summed E-state index contributed by atoms with van der Waals surface area (Å²) in [6, 6.07) is 22.5. The summed E-state index contributed by atoms with van der Waals surface area (Å²) < 4.78 is 5.95. The van der Waals surface area contributed by atoms with E-state index in [0.717, 1.165) is 18.5 Å². The fraction of sp³-hybridized carbons (Fsp3) is 0.345. The van der Waals surface area contributed by atoms with E-state index in [1.54, 1.807) is 6.07 Å². The van der Waals surface area contributed by atoms with Gasteiger partial charge in [-0.05, 0) is 67.0 Å². The number of benzene rings is 2. The van der Waals surface area contributed by atoms with E-state index in [4.69, 9.17) is 4.74 Å². The van der Waals surface area contributed by atoms with Crippen LogP contribution >= 0.6 is 0 Å². The molecular weight excluding hydrogens is 424 g/mol. The molecule has 5 heteroatoms. The lowest BCUT2D eigenvalue weighted by Gasteiger charge is -2.37. The molecule has 2 saturated heterocycles. The van der Waals surface area contributed by atoms with E-state index in [9.17, 15) is 9.59 Å². The molecule has 34 heavy (non-hydrogen) atoms. The Morgan fingerprint density at radius 2 is 1.50 bits per heavy atom. The molecule has 1 amide bonds. The van der Waals surface area contributed by atoms with Crippen molar-refractivity contribution in [2.24, 2.45) is 5.92 Å². The largest absolute Gasteiger partial charge is 0.448 e. The predicted octanol–water partition coefficient (Wildman–Crippen LogP) is 5.76. The highest BCUT2D eigenvalue weighted by atomic mass is 16.6. The zero-order valence-corrected chi connectivity index (χ0v) is 19.3. The van der Waals surface area contributed by atoms with Crippen LogP contribution < -0.4 is 0 Å². The van der Waals surface area contributed by atoms with Crippen molar-refractivity contribution < 1.29 is 14.3 Å². The molecule has 5 nitrogen and oxygen atoms in total. The van der Waals surface area contributed by atoms with E-state index < -0.39 is 0 Å². The van der Waals surface area contributed by atoms with Gasteiger partial charge in [-0.2, -0.15) is 0 Å². The molecular formula is C29H28N2O3. The van der Waals surface area contributed by atoms with Crippen molar-refractivity contribution in [1.29, 1.82) is 0 Å². The molecule has 3 aliphatic rings. The summed E-state index contributed by atoms with van der Waals surface area (Å²) in [7, 11) is 0. The average molecular weight is 453 g/mol. The van der Waals surface area contributed by atoms with Gasteiger partial charge in [0.2, 0.25) is 0 Å². The molecule has 2 aromatic carbocycles. The van der Waals surface area contributed by atoms with Gasteiger partial charge in [0.1, 0.15) is 12.3 Å². The number of rotatable bonds is 4. The number of aryl methyl sites for hydroxylation is 1. The molecule has 2 atom stereocenters. The smallest absolute Gasteiger partial charge is 0.410 e. The number of hydrogen-bond donors (Lipinski definition) is 0. The molecule has 2 aliphatic heterocycles. The molecule has 1 aromatic heterocycles. The van der Waals surface area contributed by atoms with Crippen molar-refractivity contribution in [3.63, 3.8) is 0 Å². The summed E-state index contributed by atoms with van der Waals surface area (Å²) in [5.41, 5.74) is 6.28. The van der Waals surface area contributed by atoms with E-state index in [1.807, 2.05) is 36.1 Å². The first-order chi connectivity index (χ1) is 16.6. The number of Topliss-reactive ketones (excluding diaryl/α,β-unsaturated/α-hetero) is 1. The predicted molar refractivity (Wildman–Crippen MR) is 130 cm³/mol. The Labute approximate surface area is 199 Å². The summed E-state index contributed by atoms with van der Waals surface area (Å²) in [6.07, 6.45) is 3.00. The van der Waals surface area contributed by atoms with Crippen molar-refractivity contribution in [3.8, 4) is 11.1 Å². The highest BCUT2D eigenvalue weighted by Crippen LogP contribution is 2.45. The van der Waals surface area contributed by atoms with E-state index >= 15 is 0 Å². The molecule has 0 N–H and O–H groups in total. The number of nitrogens with zero attached hydrogens (tertiary/aromatic N) is 2. The maximum atomic E-state index is 13.2. The third-order valence-electron chi connectivity index (χ3n) is 7.79. The van der Waals surface area contributed by atoms with Gasteiger partial charge in [-0.15, -0.1) is 0 Å². The summed E-state index contributed by atoms with van der Waals surface area (Å²) in [6.45, 7) is 2.23. The highest BCUT2D eigenvalue weighted by Gasteiger charge is 2.46. The fourth-order valence-electron chi connectivity index (χ4n) is 6.25. The first kappa shape index (κ1) is 21.1. The summed E-state index contributed by atoms with van der Waals surface area (Å²) in [4.78, 5) is 32.7. The molecule has 2 fully saturated rings. The third kappa shape index (κ3) is 3.51.